The van der Waals surface area contributed by atoms with Crippen molar-refractivity contribution in [3.63, 3.8) is 0 Å². The van der Waals surface area contributed by atoms with E-state index in [0.717, 1.165) is 23.3 Å². The summed E-state index contributed by atoms with van der Waals surface area (Å²) in [6, 6.07) is 13.8. The van der Waals surface area contributed by atoms with Gasteiger partial charge in [-0.05, 0) is 49.6 Å². The van der Waals surface area contributed by atoms with E-state index in [4.69, 9.17) is 22.1 Å². The van der Waals surface area contributed by atoms with Crippen LogP contribution in [-0.4, -0.2) is 6.04 Å². The lowest BCUT2D eigenvalue weighted by atomic mass is 10.0. The minimum atomic E-state index is -0.199. The second kappa shape index (κ2) is 6.97. The topological polar surface area (TPSA) is 35.2 Å². The lowest BCUT2D eigenvalue weighted by Crippen LogP contribution is -2.31. The maximum atomic E-state index is 6.26. The SMILES string of the molecule is CCC(N)C(Oc1ccc(C)cc1C)c1cccc(Cl)c1. The fraction of sp³-hybridized carbons (Fsp3) is 0.333. The van der Waals surface area contributed by atoms with Gasteiger partial charge in [-0.1, -0.05) is 48.4 Å². The van der Waals surface area contributed by atoms with Gasteiger partial charge in [0.05, 0.1) is 0 Å². The molecule has 0 amide bonds. The van der Waals surface area contributed by atoms with Crippen LogP contribution < -0.4 is 10.5 Å². The van der Waals surface area contributed by atoms with Gasteiger partial charge >= 0.3 is 0 Å². The van der Waals surface area contributed by atoms with Crippen molar-refractivity contribution in [2.45, 2.75) is 39.3 Å². The summed E-state index contributed by atoms with van der Waals surface area (Å²) in [6.45, 7) is 6.19. The van der Waals surface area contributed by atoms with Crippen LogP contribution in [0.25, 0.3) is 0 Å². The van der Waals surface area contributed by atoms with Gasteiger partial charge in [0.2, 0.25) is 0 Å². The van der Waals surface area contributed by atoms with Crippen LogP contribution in [0.5, 0.6) is 5.75 Å². The van der Waals surface area contributed by atoms with E-state index in [1.807, 2.05) is 30.3 Å². The van der Waals surface area contributed by atoms with E-state index in [1.54, 1.807) is 0 Å². The summed E-state index contributed by atoms with van der Waals surface area (Å²) in [5, 5.41) is 0.699. The lowest BCUT2D eigenvalue weighted by Gasteiger charge is -2.26. The molecule has 0 fully saturated rings. The van der Waals surface area contributed by atoms with Crippen LogP contribution in [0.15, 0.2) is 42.5 Å². The number of benzene rings is 2. The van der Waals surface area contributed by atoms with Gasteiger partial charge in [-0.25, -0.2) is 0 Å². The number of rotatable bonds is 5. The highest BCUT2D eigenvalue weighted by Gasteiger charge is 2.21. The van der Waals surface area contributed by atoms with Gasteiger partial charge in [-0.15, -0.1) is 0 Å². The second-order valence-electron chi connectivity index (χ2n) is 5.43. The Balaban J connectivity index is 2.33. The zero-order valence-electron chi connectivity index (χ0n) is 12.8. The van der Waals surface area contributed by atoms with Crippen molar-refractivity contribution in [1.29, 1.82) is 0 Å². The molecule has 2 aromatic carbocycles. The maximum Gasteiger partial charge on any atom is 0.139 e. The monoisotopic (exact) mass is 303 g/mol. The van der Waals surface area contributed by atoms with Gasteiger partial charge in [0, 0.05) is 11.1 Å². The molecule has 2 rings (SSSR count). The molecule has 0 heterocycles. The summed E-state index contributed by atoms with van der Waals surface area (Å²) in [6.07, 6.45) is 0.636. The van der Waals surface area contributed by atoms with Crippen LogP contribution in [0.2, 0.25) is 5.02 Å². The molecular formula is C18H22ClNO. The molecule has 2 aromatic rings. The van der Waals surface area contributed by atoms with Crippen molar-refractivity contribution in [3.05, 3.63) is 64.2 Å². The van der Waals surface area contributed by atoms with E-state index in [0.29, 0.717) is 5.02 Å². The van der Waals surface area contributed by atoms with E-state index >= 15 is 0 Å². The standard InChI is InChI=1S/C18H22ClNO/c1-4-16(20)18(14-6-5-7-15(19)11-14)21-17-9-8-12(2)10-13(17)3/h5-11,16,18H,4,20H2,1-3H3. The minimum Gasteiger partial charge on any atom is -0.484 e. The van der Waals surface area contributed by atoms with Gasteiger partial charge in [-0.3, -0.25) is 0 Å². The highest BCUT2D eigenvalue weighted by Crippen LogP contribution is 2.29. The highest BCUT2D eigenvalue weighted by atomic mass is 35.5. The molecule has 0 saturated heterocycles. The first-order valence-electron chi connectivity index (χ1n) is 7.26. The van der Waals surface area contributed by atoms with E-state index in [2.05, 4.69) is 32.9 Å². The van der Waals surface area contributed by atoms with Gasteiger partial charge in [-0.2, -0.15) is 0 Å². The molecule has 2 unspecified atom stereocenters. The zero-order valence-corrected chi connectivity index (χ0v) is 13.5. The van der Waals surface area contributed by atoms with Crippen molar-refractivity contribution >= 4 is 11.6 Å². The zero-order chi connectivity index (χ0) is 15.4. The Morgan fingerprint density at radius 1 is 1.14 bits per heavy atom. The van der Waals surface area contributed by atoms with Gasteiger partial charge < -0.3 is 10.5 Å². The molecule has 2 nitrogen and oxygen atoms in total. The number of hydrogen-bond acceptors (Lipinski definition) is 2. The fourth-order valence-electron chi connectivity index (χ4n) is 2.37. The Bertz CT molecular complexity index is 612. The highest BCUT2D eigenvalue weighted by molar-refractivity contribution is 6.30. The molecule has 2 atom stereocenters. The van der Waals surface area contributed by atoms with Gasteiger partial charge in [0.25, 0.3) is 0 Å². The van der Waals surface area contributed by atoms with Crippen LogP contribution in [0.4, 0.5) is 0 Å². The van der Waals surface area contributed by atoms with E-state index in [-0.39, 0.29) is 12.1 Å². The average Bonchev–Trinajstić information content (AvgIpc) is 2.45. The van der Waals surface area contributed by atoms with Crippen LogP contribution in [0, 0.1) is 13.8 Å². The molecule has 0 radical (unpaired) electrons. The third-order valence-corrected chi connectivity index (χ3v) is 3.86. The van der Waals surface area contributed by atoms with Crippen molar-refractivity contribution < 1.29 is 4.74 Å². The Kier molecular flexibility index (Phi) is 5.27. The Labute approximate surface area is 131 Å². The summed E-state index contributed by atoms with van der Waals surface area (Å²) in [5.74, 6) is 0.870. The van der Waals surface area contributed by atoms with Crippen molar-refractivity contribution in [2.75, 3.05) is 0 Å². The number of hydrogen-bond donors (Lipinski definition) is 1. The van der Waals surface area contributed by atoms with Crippen molar-refractivity contribution in [1.82, 2.24) is 0 Å². The summed E-state index contributed by atoms with van der Waals surface area (Å²) in [7, 11) is 0. The van der Waals surface area contributed by atoms with Crippen molar-refractivity contribution in [2.24, 2.45) is 5.73 Å². The molecular weight excluding hydrogens is 282 g/mol. The molecule has 0 saturated carbocycles. The average molecular weight is 304 g/mol. The third kappa shape index (κ3) is 3.99. The van der Waals surface area contributed by atoms with E-state index < -0.39 is 0 Å². The summed E-state index contributed by atoms with van der Waals surface area (Å²) >= 11 is 6.10. The normalized spacial score (nSPS) is 13.8. The van der Waals surface area contributed by atoms with Crippen LogP contribution in [-0.2, 0) is 0 Å². The summed E-state index contributed by atoms with van der Waals surface area (Å²) in [5.41, 5.74) is 9.61. The lowest BCUT2D eigenvalue weighted by molar-refractivity contribution is 0.170. The molecule has 0 bridgehead atoms. The summed E-state index contributed by atoms with van der Waals surface area (Å²) < 4.78 is 6.21. The third-order valence-electron chi connectivity index (χ3n) is 3.62. The molecule has 0 spiro atoms. The molecule has 0 aromatic heterocycles. The first kappa shape index (κ1) is 15.9. The second-order valence-corrected chi connectivity index (χ2v) is 5.87. The molecule has 0 aliphatic heterocycles. The Morgan fingerprint density at radius 2 is 1.90 bits per heavy atom. The molecule has 112 valence electrons. The van der Waals surface area contributed by atoms with Crippen molar-refractivity contribution in [3.8, 4) is 5.75 Å². The number of nitrogens with two attached hydrogens (primary N) is 1. The molecule has 0 aliphatic rings. The minimum absolute atomic E-state index is 0.0795. The first-order valence-corrected chi connectivity index (χ1v) is 7.64. The Hall–Kier alpha value is -1.51. The largest absolute Gasteiger partial charge is 0.484 e. The van der Waals surface area contributed by atoms with E-state index in [9.17, 15) is 0 Å². The quantitative estimate of drug-likeness (QED) is 0.860. The number of aryl methyl sites for hydroxylation is 2. The fourth-order valence-corrected chi connectivity index (χ4v) is 2.57. The van der Waals surface area contributed by atoms with E-state index in [1.165, 1.54) is 5.56 Å². The number of ether oxygens (including phenoxy) is 1. The predicted octanol–water partition coefficient (Wildman–Crippen LogP) is 4.81. The Morgan fingerprint density at radius 3 is 2.52 bits per heavy atom. The van der Waals surface area contributed by atoms with Crippen LogP contribution in [0.3, 0.4) is 0 Å². The van der Waals surface area contributed by atoms with Gasteiger partial charge in [0.15, 0.2) is 0 Å². The smallest absolute Gasteiger partial charge is 0.139 e. The summed E-state index contributed by atoms with van der Waals surface area (Å²) in [4.78, 5) is 0. The molecule has 0 aliphatic carbocycles. The molecule has 3 heteroatoms. The van der Waals surface area contributed by atoms with Crippen LogP contribution in [0.1, 0.15) is 36.1 Å². The molecule has 21 heavy (non-hydrogen) atoms. The first-order chi connectivity index (χ1) is 10.0. The molecule has 2 N–H and O–H groups in total. The number of halogens is 1. The van der Waals surface area contributed by atoms with Gasteiger partial charge in [0.1, 0.15) is 11.9 Å². The maximum absolute atomic E-state index is 6.26. The predicted molar refractivity (Wildman–Crippen MR) is 89.0 cm³/mol. The van der Waals surface area contributed by atoms with Crippen LogP contribution >= 0.6 is 11.6 Å².